The molecule has 0 bridgehead atoms. The maximum atomic E-state index is 15.5. The van der Waals surface area contributed by atoms with Crippen molar-refractivity contribution in [2.24, 2.45) is 17.8 Å². The molecule has 0 aliphatic heterocycles. The van der Waals surface area contributed by atoms with Crippen LogP contribution in [0, 0.1) is 35.2 Å². The summed E-state index contributed by atoms with van der Waals surface area (Å²) in [6.45, 7) is 4.46. The molecule has 0 radical (unpaired) electrons. The molecule has 0 unspecified atom stereocenters. The highest BCUT2D eigenvalue weighted by atomic mass is 19.2. The Morgan fingerprint density at radius 1 is 0.532 bits per heavy atom. The minimum absolute atomic E-state index is 0.203. The van der Waals surface area contributed by atoms with Crippen molar-refractivity contribution >= 4 is 0 Å². The summed E-state index contributed by atoms with van der Waals surface area (Å²) in [7, 11) is 0. The highest BCUT2D eigenvalue weighted by Gasteiger charge is 2.31. The molecule has 0 N–H and O–H groups in total. The lowest BCUT2D eigenvalue weighted by molar-refractivity contribution is 0.155. The van der Waals surface area contributed by atoms with Crippen molar-refractivity contribution in [3.63, 3.8) is 0 Å². The Morgan fingerprint density at radius 2 is 1.09 bits per heavy atom. The normalized spacial score (nSPS) is 21.6. The van der Waals surface area contributed by atoms with E-state index in [1.807, 2.05) is 18.2 Å². The van der Waals surface area contributed by atoms with E-state index in [0.717, 1.165) is 67.4 Å². The average Bonchev–Trinajstić information content (AvgIpc) is 3.10. The Morgan fingerprint density at radius 3 is 1.70 bits per heavy atom. The van der Waals surface area contributed by atoms with Crippen molar-refractivity contribution in [2.75, 3.05) is 0 Å². The summed E-state index contributed by atoms with van der Waals surface area (Å²) in [4.78, 5) is 0. The second-order valence-electron chi connectivity index (χ2n) is 15.0. The second-order valence-corrected chi connectivity index (χ2v) is 15.0. The first-order chi connectivity index (χ1) is 23.0. The van der Waals surface area contributed by atoms with Crippen LogP contribution in [0.2, 0.25) is 0 Å². The van der Waals surface area contributed by atoms with Gasteiger partial charge in [-0.15, -0.1) is 0 Å². The fraction of sp³-hybridized carbons (Fsp3) is 0.591. The number of halogens is 3. The lowest BCUT2D eigenvalue weighted by Gasteiger charge is -2.38. The molecule has 3 aromatic carbocycles. The van der Waals surface area contributed by atoms with Gasteiger partial charge in [-0.05, 0) is 103 Å². The Balaban J connectivity index is 1.11. The van der Waals surface area contributed by atoms with E-state index in [2.05, 4.69) is 19.9 Å². The largest absolute Gasteiger partial charge is 0.206 e. The molecule has 0 atom stereocenters. The summed E-state index contributed by atoms with van der Waals surface area (Å²) in [6, 6.07) is 16.3. The smallest absolute Gasteiger partial charge is 0.166 e. The highest BCUT2D eigenvalue weighted by molar-refractivity contribution is 5.71. The molecule has 0 amide bonds. The molecule has 3 heteroatoms. The summed E-state index contributed by atoms with van der Waals surface area (Å²) < 4.78 is 45.4. The minimum Gasteiger partial charge on any atom is -0.206 e. The summed E-state index contributed by atoms with van der Waals surface area (Å²) in [5, 5.41) is 0. The van der Waals surface area contributed by atoms with Crippen molar-refractivity contribution in [2.45, 2.75) is 148 Å². The zero-order valence-electron chi connectivity index (χ0n) is 29.3. The van der Waals surface area contributed by atoms with Gasteiger partial charge in [0.2, 0.25) is 0 Å². The van der Waals surface area contributed by atoms with Crippen LogP contribution in [-0.4, -0.2) is 0 Å². The molecule has 47 heavy (non-hydrogen) atoms. The van der Waals surface area contributed by atoms with Gasteiger partial charge >= 0.3 is 0 Å². The maximum absolute atomic E-state index is 15.5. The summed E-state index contributed by atoms with van der Waals surface area (Å²) in [6.07, 6.45) is 25.0. The van der Waals surface area contributed by atoms with E-state index in [1.54, 1.807) is 30.3 Å². The van der Waals surface area contributed by atoms with Crippen LogP contribution >= 0.6 is 0 Å². The first kappa shape index (κ1) is 35.7. The van der Waals surface area contributed by atoms with Gasteiger partial charge < -0.3 is 0 Å². The number of hydrogen-bond acceptors (Lipinski definition) is 0. The van der Waals surface area contributed by atoms with Gasteiger partial charge in [-0.25, -0.2) is 13.2 Å². The molecule has 0 heterocycles. The predicted octanol–water partition coefficient (Wildman–Crippen LogP) is 14.4. The molecular formula is C44H59F3. The van der Waals surface area contributed by atoms with Gasteiger partial charge in [0.25, 0.3) is 0 Å². The van der Waals surface area contributed by atoms with Crippen molar-refractivity contribution < 1.29 is 13.2 Å². The van der Waals surface area contributed by atoms with Gasteiger partial charge in [-0.1, -0.05) is 139 Å². The first-order valence-electron chi connectivity index (χ1n) is 19.4. The monoisotopic (exact) mass is 644 g/mol. The van der Waals surface area contributed by atoms with E-state index in [1.165, 1.54) is 83.5 Å². The van der Waals surface area contributed by atoms with Crippen molar-refractivity contribution in [3.05, 3.63) is 83.2 Å². The minimum atomic E-state index is -0.796. The molecule has 0 aromatic heterocycles. The maximum Gasteiger partial charge on any atom is 0.166 e. The van der Waals surface area contributed by atoms with Crippen LogP contribution in [0.3, 0.4) is 0 Å². The van der Waals surface area contributed by atoms with Crippen LogP contribution in [0.1, 0.15) is 153 Å². The van der Waals surface area contributed by atoms with Crippen LogP contribution < -0.4 is 0 Å². The van der Waals surface area contributed by atoms with E-state index in [-0.39, 0.29) is 11.4 Å². The standard InChI is InChI=1S/C44H59F3/c1-3-5-7-9-11-13-32-15-17-33(18-16-32)34-19-21-35(22-20-34)39-28-29-40(42(45)31-39)36-23-25-37(26-24-36)41-30-27-38(43(46)44(41)47)14-12-10-8-6-4-2/h23-35H,3-22H2,1-2H3. The van der Waals surface area contributed by atoms with E-state index in [0.29, 0.717) is 29.0 Å². The van der Waals surface area contributed by atoms with Gasteiger partial charge in [-0.3, -0.25) is 0 Å². The fourth-order valence-corrected chi connectivity index (χ4v) is 8.68. The Bertz CT molecular complexity index is 1360. The highest BCUT2D eigenvalue weighted by Crippen LogP contribution is 2.45. The van der Waals surface area contributed by atoms with E-state index < -0.39 is 11.6 Å². The third kappa shape index (κ3) is 9.76. The third-order valence-corrected chi connectivity index (χ3v) is 11.7. The number of hydrogen-bond donors (Lipinski definition) is 0. The number of unbranched alkanes of at least 4 members (excludes halogenated alkanes) is 8. The van der Waals surface area contributed by atoms with Crippen molar-refractivity contribution in [1.29, 1.82) is 0 Å². The third-order valence-electron chi connectivity index (χ3n) is 11.7. The second kappa shape index (κ2) is 18.3. The Labute approximate surface area is 284 Å². The topological polar surface area (TPSA) is 0 Å². The Hall–Kier alpha value is -2.55. The van der Waals surface area contributed by atoms with Crippen LogP contribution in [-0.2, 0) is 6.42 Å². The summed E-state index contributed by atoms with van der Waals surface area (Å²) in [5.41, 5.74) is 3.73. The number of aryl methyl sites for hydroxylation is 1. The van der Waals surface area contributed by atoms with Crippen LogP contribution in [0.4, 0.5) is 13.2 Å². The van der Waals surface area contributed by atoms with Crippen molar-refractivity contribution in [3.8, 4) is 22.3 Å². The first-order valence-corrected chi connectivity index (χ1v) is 19.4. The molecule has 0 saturated heterocycles. The average molecular weight is 645 g/mol. The molecule has 2 aliphatic carbocycles. The van der Waals surface area contributed by atoms with Gasteiger partial charge in [-0.2, -0.15) is 0 Å². The molecule has 2 fully saturated rings. The number of benzene rings is 3. The van der Waals surface area contributed by atoms with Gasteiger partial charge in [0.15, 0.2) is 11.6 Å². The van der Waals surface area contributed by atoms with E-state index in [9.17, 15) is 4.39 Å². The van der Waals surface area contributed by atoms with Gasteiger partial charge in [0.05, 0.1) is 0 Å². The van der Waals surface area contributed by atoms with Crippen LogP contribution in [0.25, 0.3) is 22.3 Å². The predicted molar refractivity (Wildman–Crippen MR) is 193 cm³/mol. The molecular weight excluding hydrogens is 585 g/mol. The zero-order valence-corrected chi connectivity index (χ0v) is 29.3. The molecule has 0 nitrogen and oxygen atoms in total. The fourth-order valence-electron chi connectivity index (χ4n) is 8.68. The lowest BCUT2D eigenvalue weighted by atomic mass is 9.68. The summed E-state index contributed by atoms with van der Waals surface area (Å²) in [5.74, 6) is 1.41. The summed E-state index contributed by atoms with van der Waals surface area (Å²) >= 11 is 0. The van der Waals surface area contributed by atoms with Crippen molar-refractivity contribution in [1.82, 2.24) is 0 Å². The van der Waals surface area contributed by atoms with Gasteiger partial charge in [0.1, 0.15) is 5.82 Å². The molecule has 2 saturated carbocycles. The quantitative estimate of drug-likeness (QED) is 0.136. The van der Waals surface area contributed by atoms with Crippen LogP contribution in [0.15, 0.2) is 54.6 Å². The van der Waals surface area contributed by atoms with Crippen LogP contribution in [0.5, 0.6) is 0 Å². The molecule has 5 rings (SSSR count). The molecule has 3 aromatic rings. The van der Waals surface area contributed by atoms with Gasteiger partial charge in [0, 0.05) is 11.1 Å². The lowest BCUT2D eigenvalue weighted by Crippen LogP contribution is -2.25. The molecule has 256 valence electrons. The van der Waals surface area contributed by atoms with E-state index >= 15 is 8.78 Å². The molecule has 2 aliphatic rings. The Kier molecular flexibility index (Phi) is 13.9. The number of rotatable bonds is 16. The molecule has 0 spiro atoms. The zero-order chi connectivity index (χ0) is 33.0. The van der Waals surface area contributed by atoms with E-state index in [4.69, 9.17) is 0 Å². The SMILES string of the molecule is CCCCCCCc1ccc(-c2ccc(-c3ccc(C4CCC(C5CCC(CCCCCCC)CC5)CC4)cc3F)cc2)c(F)c1F.